The van der Waals surface area contributed by atoms with Crippen LogP contribution < -0.4 is 4.31 Å². The predicted molar refractivity (Wildman–Crippen MR) is 119 cm³/mol. The highest BCUT2D eigenvalue weighted by Gasteiger charge is 2.33. The van der Waals surface area contributed by atoms with Crippen molar-refractivity contribution in [1.82, 2.24) is 4.57 Å². The van der Waals surface area contributed by atoms with E-state index < -0.39 is 32.9 Å². The molecule has 2 aromatic carbocycles. The molecule has 0 bridgehead atoms. The van der Waals surface area contributed by atoms with Gasteiger partial charge in [0.15, 0.2) is 0 Å². The van der Waals surface area contributed by atoms with Crippen LogP contribution >= 0.6 is 0 Å². The maximum Gasteiger partial charge on any atom is 0.340 e. The summed E-state index contributed by atoms with van der Waals surface area (Å²) in [5, 5.41) is 11.7. The number of nitrogens with zero attached hydrogens (tertiary/aromatic N) is 3. The van der Waals surface area contributed by atoms with Crippen LogP contribution in [0.3, 0.4) is 0 Å². The van der Waals surface area contributed by atoms with Crippen LogP contribution in [0.4, 0.5) is 11.4 Å². The maximum atomic E-state index is 13.4. The summed E-state index contributed by atoms with van der Waals surface area (Å²) >= 11 is 0. The van der Waals surface area contributed by atoms with E-state index in [4.69, 9.17) is 4.74 Å². The van der Waals surface area contributed by atoms with E-state index in [2.05, 4.69) is 0 Å². The van der Waals surface area contributed by atoms with Crippen molar-refractivity contribution in [1.29, 1.82) is 0 Å². The van der Waals surface area contributed by atoms with E-state index in [1.807, 2.05) is 0 Å². The fourth-order valence-electron chi connectivity index (χ4n) is 3.56. The number of fused-ring (bicyclic) bond motifs is 1. The van der Waals surface area contributed by atoms with E-state index in [9.17, 15) is 28.1 Å². The number of esters is 1. The summed E-state index contributed by atoms with van der Waals surface area (Å²) in [7, 11) is -2.80. The summed E-state index contributed by atoms with van der Waals surface area (Å²) in [4.78, 5) is 36.2. The number of rotatable bonds is 6. The Bertz CT molecular complexity index is 1340. The largest absolute Gasteiger partial charge is 0.465 e. The maximum absolute atomic E-state index is 13.4. The van der Waals surface area contributed by atoms with Gasteiger partial charge < -0.3 is 4.74 Å². The van der Waals surface area contributed by atoms with Gasteiger partial charge in [0.05, 0.1) is 35.1 Å². The molecule has 3 aromatic rings. The Hall–Kier alpha value is -3.73. The SMILES string of the molecule is COC(=O)c1cn(C(=O)[C@H](C)N(c2cc([N+](=O)[O-])ccc2C)S(C)(=O)=O)c2ccccc12. The van der Waals surface area contributed by atoms with Crippen LogP contribution in [0.5, 0.6) is 0 Å². The number of aromatic nitrogens is 1. The number of nitro groups is 1. The van der Waals surface area contributed by atoms with Crippen LogP contribution in [0, 0.1) is 17.0 Å². The molecular formula is C21H21N3O7S. The molecule has 32 heavy (non-hydrogen) atoms. The van der Waals surface area contributed by atoms with E-state index in [-0.39, 0.29) is 16.9 Å². The van der Waals surface area contributed by atoms with Crippen molar-refractivity contribution < 1.29 is 27.7 Å². The monoisotopic (exact) mass is 459 g/mol. The number of nitro benzene ring substituents is 1. The first-order valence-corrected chi connectivity index (χ1v) is 11.3. The highest BCUT2D eigenvalue weighted by molar-refractivity contribution is 7.92. The molecule has 0 unspecified atom stereocenters. The predicted octanol–water partition coefficient (Wildman–Crippen LogP) is 3.14. The molecule has 3 rings (SSSR count). The lowest BCUT2D eigenvalue weighted by Crippen LogP contribution is -2.45. The van der Waals surface area contributed by atoms with Crippen LogP contribution in [0.1, 0.15) is 27.6 Å². The van der Waals surface area contributed by atoms with Crippen LogP contribution in [0.25, 0.3) is 10.9 Å². The summed E-state index contributed by atoms with van der Waals surface area (Å²) < 4.78 is 32.2. The van der Waals surface area contributed by atoms with E-state index >= 15 is 0 Å². The van der Waals surface area contributed by atoms with Gasteiger partial charge >= 0.3 is 5.97 Å². The number of para-hydroxylation sites is 1. The Morgan fingerprint density at radius 3 is 2.44 bits per heavy atom. The highest BCUT2D eigenvalue weighted by atomic mass is 32.2. The van der Waals surface area contributed by atoms with Gasteiger partial charge in [-0.15, -0.1) is 0 Å². The smallest absolute Gasteiger partial charge is 0.340 e. The molecule has 10 nitrogen and oxygen atoms in total. The van der Waals surface area contributed by atoms with Gasteiger partial charge in [0, 0.05) is 23.7 Å². The second kappa shape index (κ2) is 8.42. The van der Waals surface area contributed by atoms with Gasteiger partial charge in [0.2, 0.25) is 10.0 Å². The number of carbonyl (C=O) groups excluding carboxylic acids is 2. The Kier molecular flexibility index (Phi) is 6.04. The number of carbonyl (C=O) groups is 2. The zero-order chi connectivity index (χ0) is 23.8. The van der Waals surface area contributed by atoms with Gasteiger partial charge in [-0.1, -0.05) is 24.3 Å². The third kappa shape index (κ3) is 4.06. The topological polar surface area (TPSA) is 129 Å². The van der Waals surface area contributed by atoms with Crippen LogP contribution in [-0.2, 0) is 14.8 Å². The minimum Gasteiger partial charge on any atom is -0.465 e. The van der Waals surface area contributed by atoms with Crippen LogP contribution in [0.2, 0.25) is 0 Å². The molecule has 0 radical (unpaired) electrons. The number of hydrogen-bond acceptors (Lipinski definition) is 7. The van der Waals surface area contributed by atoms with E-state index in [0.29, 0.717) is 16.5 Å². The molecular weight excluding hydrogens is 438 g/mol. The fourth-order valence-corrected chi connectivity index (χ4v) is 4.78. The van der Waals surface area contributed by atoms with Crippen molar-refractivity contribution in [3.05, 3.63) is 69.9 Å². The van der Waals surface area contributed by atoms with E-state index in [0.717, 1.165) is 16.6 Å². The van der Waals surface area contributed by atoms with Crippen LogP contribution in [-0.4, -0.2) is 49.2 Å². The fraction of sp³-hybridized carbons (Fsp3) is 0.238. The number of aryl methyl sites for hydroxylation is 1. The summed E-state index contributed by atoms with van der Waals surface area (Å²) in [6.07, 6.45) is 2.22. The Morgan fingerprint density at radius 1 is 1.19 bits per heavy atom. The molecule has 168 valence electrons. The lowest BCUT2D eigenvalue weighted by molar-refractivity contribution is -0.384. The summed E-state index contributed by atoms with van der Waals surface area (Å²) in [5.41, 5.74) is 0.703. The van der Waals surface area contributed by atoms with E-state index in [1.165, 1.54) is 36.9 Å². The minimum absolute atomic E-state index is 0.0206. The van der Waals surface area contributed by atoms with Gasteiger partial charge in [0.25, 0.3) is 11.6 Å². The molecule has 0 fully saturated rings. The molecule has 0 amide bonds. The zero-order valence-electron chi connectivity index (χ0n) is 17.8. The minimum atomic E-state index is -4.02. The van der Waals surface area contributed by atoms with Gasteiger partial charge in [-0.25, -0.2) is 13.2 Å². The van der Waals surface area contributed by atoms with Gasteiger partial charge in [-0.05, 0) is 25.5 Å². The number of benzene rings is 2. The van der Waals surface area contributed by atoms with Crippen molar-refractivity contribution >= 4 is 44.2 Å². The van der Waals surface area contributed by atoms with Crippen molar-refractivity contribution in [2.45, 2.75) is 19.9 Å². The summed E-state index contributed by atoms with van der Waals surface area (Å²) in [6.45, 7) is 2.98. The number of sulfonamides is 1. The molecule has 0 aliphatic carbocycles. The molecule has 11 heteroatoms. The standard InChI is InChI=1S/C21H21N3O7S/c1-13-9-10-15(24(27)28)11-19(13)23(32(4,29)30)14(2)20(25)22-12-17(21(26)31-3)16-7-5-6-8-18(16)22/h5-12,14H,1-4H3/t14-/m0/s1. The molecule has 1 heterocycles. The lowest BCUT2D eigenvalue weighted by Gasteiger charge is -2.29. The number of ether oxygens (including phenoxy) is 1. The average molecular weight is 459 g/mol. The molecule has 1 aromatic heterocycles. The first-order valence-electron chi connectivity index (χ1n) is 9.44. The molecule has 0 aliphatic rings. The van der Waals surface area contributed by atoms with Crippen molar-refractivity contribution in [2.24, 2.45) is 0 Å². The second-order valence-corrected chi connectivity index (χ2v) is 9.08. The number of methoxy groups -OCH3 is 1. The number of non-ortho nitro benzene ring substituents is 1. The lowest BCUT2D eigenvalue weighted by atomic mass is 10.1. The average Bonchev–Trinajstić information content (AvgIpc) is 3.12. The molecule has 1 atom stereocenters. The second-order valence-electron chi connectivity index (χ2n) is 7.22. The first-order chi connectivity index (χ1) is 15.0. The number of hydrogen-bond donors (Lipinski definition) is 0. The van der Waals surface area contributed by atoms with Crippen molar-refractivity contribution in [3.8, 4) is 0 Å². The third-order valence-electron chi connectivity index (χ3n) is 5.06. The van der Waals surface area contributed by atoms with E-state index in [1.54, 1.807) is 31.2 Å². The third-order valence-corrected chi connectivity index (χ3v) is 6.29. The van der Waals surface area contributed by atoms with Crippen molar-refractivity contribution in [3.63, 3.8) is 0 Å². The van der Waals surface area contributed by atoms with Gasteiger partial charge in [-0.2, -0.15) is 0 Å². The highest BCUT2D eigenvalue weighted by Crippen LogP contribution is 2.30. The number of anilines is 1. The quantitative estimate of drug-likeness (QED) is 0.314. The van der Waals surface area contributed by atoms with Crippen molar-refractivity contribution in [2.75, 3.05) is 17.7 Å². The van der Waals surface area contributed by atoms with Gasteiger partial charge in [0.1, 0.15) is 6.04 Å². The van der Waals surface area contributed by atoms with Crippen LogP contribution in [0.15, 0.2) is 48.7 Å². The molecule has 0 aliphatic heterocycles. The molecule has 0 saturated carbocycles. The molecule has 0 saturated heterocycles. The zero-order valence-corrected chi connectivity index (χ0v) is 18.6. The normalized spacial score (nSPS) is 12.4. The summed E-state index contributed by atoms with van der Waals surface area (Å²) in [5.74, 6) is -1.29. The summed E-state index contributed by atoms with van der Waals surface area (Å²) in [6, 6.07) is 9.17. The molecule has 0 spiro atoms. The first kappa shape index (κ1) is 22.9. The molecule has 0 N–H and O–H groups in total. The van der Waals surface area contributed by atoms with Gasteiger partial charge in [-0.3, -0.25) is 23.8 Å². The Labute approximate surface area is 184 Å². The Morgan fingerprint density at radius 2 is 1.84 bits per heavy atom. The Balaban J connectivity index is 2.17.